The average molecular weight is 457 g/mol. The number of ether oxygens (including phenoxy) is 2. The fraction of sp³-hybridized carbons (Fsp3) is 0.450. The summed E-state index contributed by atoms with van der Waals surface area (Å²) >= 11 is 1.20. The lowest BCUT2D eigenvalue weighted by molar-refractivity contribution is -0.274. The van der Waals surface area contributed by atoms with Gasteiger partial charge in [0.25, 0.3) is 5.91 Å². The number of rotatable bonds is 6. The zero-order valence-electron chi connectivity index (χ0n) is 17.0. The molecule has 1 atom stereocenters. The van der Waals surface area contributed by atoms with Crippen LogP contribution in [-0.4, -0.2) is 64.7 Å². The number of benzene rings is 1. The smallest absolute Gasteiger partial charge is 0.406 e. The van der Waals surface area contributed by atoms with Gasteiger partial charge in [-0.1, -0.05) is 12.1 Å². The Balaban J connectivity index is 1.68. The summed E-state index contributed by atoms with van der Waals surface area (Å²) < 4.78 is 46.7. The maximum atomic E-state index is 12.8. The van der Waals surface area contributed by atoms with Gasteiger partial charge >= 0.3 is 6.36 Å². The lowest BCUT2D eigenvalue weighted by Crippen LogP contribution is -2.42. The molecule has 1 aromatic carbocycles. The summed E-state index contributed by atoms with van der Waals surface area (Å²) in [6, 6.07) is 5.30. The third-order valence-electron chi connectivity index (χ3n) is 4.67. The average Bonchev–Trinajstić information content (AvgIpc) is 3.17. The Morgan fingerprint density at radius 1 is 1.26 bits per heavy atom. The molecule has 31 heavy (non-hydrogen) atoms. The summed E-state index contributed by atoms with van der Waals surface area (Å²) in [6.45, 7) is 4.33. The van der Waals surface area contributed by atoms with E-state index in [9.17, 15) is 22.8 Å². The van der Waals surface area contributed by atoms with Gasteiger partial charge in [0, 0.05) is 19.1 Å². The summed E-state index contributed by atoms with van der Waals surface area (Å²) in [6.07, 6.45) is -3.75. The highest BCUT2D eigenvalue weighted by molar-refractivity contribution is 7.11. The number of hydrogen-bond acceptors (Lipinski definition) is 6. The van der Waals surface area contributed by atoms with Crippen LogP contribution in [0.3, 0.4) is 0 Å². The van der Waals surface area contributed by atoms with Crippen molar-refractivity contribution in [2.24, 2.45) is 0 Å². The Hall–Kier alpha value is -2.66. The topological polar surface area (TPSA) is 72.0 Å². The van der Waals surface area contributed by atoms with Gasteiger partial charge in [0.15, 0.2) is 0 Å². The van der Waals surface area contributed by atoms with E-state index in [1.54, 1.807) is 10.4 Å². The maximum Gasteiger partial charge on any atom is 0.573 e. The molecule has 0 radical (unpaired) electrons. The van der Waals surface area contributed by atoms with Crippen molar-refractivity contribution in [3.05, 3.63) is 46.4 Å². The largest absolute Gasteiger partial charge is 0.573 e. The minimum absolute atomic E-state index is 0.0573. The summed E-state index contributed by atoms with van der Waals surface area (Å²) in [4.78, 5) is 32.9. The van der Waals surface area contributed by atoms with Crippen LogP contribution in [0.4, 0.5) is 13.2 Å². The summed E-state index contributed by atoms with van der Waals surface area (Å²) in [7, 11) is 0. The predicted molar refractivity (Wildman–Crippen MR) is 107 cm³/mol. The molecule has 0 aliphatic carbocycles. The molecule has 2 heterocycles. The van der Waals surface area contributed by atoms with Crippen molar-refractivity contribution < 1.29 is 32.2 Å². The minimum atomic E-state index is -4.75. The van der Waals surface area contributed by atoms with Gasteiger partial charge in [-0.25, -0.2) is 0 Å². The zero-order valence-corrected chi connectivity index (χ0v) is 17.8. The van der Waals surface area contributed by atoms with E-state index < -0.39 is 12.5 Å². The Morgan fingerprint density at radius 2 is 1.97 bits per heavy atom. The number of aromatic nitrogens is 1. The van der Waals surface area contributed by atoms with Crippen LogP contribution < -0.4 is 4.74 Å². The molecule has 7 nitrogen and oxygen atoms in total. The van der Waals surface area contributed by atoms with E-state index >= 15 is 0 Å². The van der Waals surface area contributed by atoms with E-state index in [0.29, 0.717) is 17.0 Å². The van der Waals surface area contributed by atoms with Gasteiger partial charge in [-0.2, -0.15) is 0 Å². The summed E-state index contributed by atoms with van der Waals surface area (Å²) in [5, 5.41) is 0. The van der Waals surface area contributed by atoms with Crippen molar-refractivity contribution in [3.63, 3.8) is 0 Å². The molecule has 2 aromatic rings. The van der Waals surface area contributed by atoms with E-state index in [0.717, 1.165) is 0 Å². The van der Waals surface area contributed by atoms with Gasteiger partial charge in [-0.05, 0) is 31.5 Å². The Bertz CT molecular complexity index is 888. The molecule has 0 saturated carbocycles. The molecular weight excluding hydrogens is 435 g/mol. The predicted octanol–water partition coefficient (Wildman–Crippen LogP) is 3.32. The van der Waals surface area contributed by atoms with Crippen molar-refractivity contribution in [2.75, 3.05) is 19.6 Å². The quantitative estimate of drug-likeness (QED) is 0.666. The molecule has 0 spiro atoms. The molecule has 2 amide bonds. The van der Waals surface area contributed by atoms with Gasteiger partial charge in [0.2, 0.25) is 5.91 Å². The fourth-order valence-electron chi connectivity index (χ4n) is 3.18. The third-order valence-corrected chi connectivity index (χ3v) is 5.43. The molecule has 3 rings (SSSR count). The van der Waals surface area contributed by atoms with Crippen molar-refractivity contribution in [1.82, 2.24) is 14.8 Å². The molecule has 0 unspecified atom stereocenters. The molecule has 11 heteroatoms. The van der Waals surface area contributed by atoms with Crippen molar-refractivity contribution in [1.29, 1.82) is 0 Å². The first-order chi connectivity index (χ1) is 14.6. The molecule has 0 N–H and O–H groups in total. The lowest BCUT2D eigenvalue weighted by Gasteiger charge is -2.27. The molecule has 1 fully saturated rings. The second kappa shape index (κ2) is 9.65. The lowest BCUT2D eigenvalue weighted by atomic mass is 10.2. The molecule has 1 aromatic heterocycles. The Labute approximate surface area is 181 Å². The summed E-state index contributed by atoms with van der Waals surface area (Å²) in [5.41, 5.74) is 2.19. The number of alkyl halides is 3. The van der Waals surface area contributed by atoms with Gasteiger partial charge in [-0.3, -0.25) is 14.6 Å². The molecule has 0 bridgehead atoms. The van der Waals surface area contributed by atoms with Crippen LogP contribution in [-0.2, 0) is 16.1 Å². The van der Waals surface area contributed by atoms with Gasteiger partial charge < -0.3 is 19.3 Å². The van der Waals surface area contributed by atoms with E-state index in [2.05, 4.69) is 9.72 Å². The second-order valence-corrected chi connectivity index (χ2v) is 8.20. The van der Waals surface area contributed by atoms with Crippen LogP contribution in [0.1, 0.15) is 29.1 Å². The van der Waals surface area contributed by atoms with E-state index in [4.69, 9.17) is 4.74 Å². The van der Waals surface area contributed by atoms with Gasteiger partial charge in [0.05, 0.1) is 24.4 Å². The first-order valence-electron chi connectivity index (χ1n) is 9.56. The molecule has 168 valence electrons. The number of nitrogens with zero attached hydrogens (tertiary/aromatic N) is 3. The van der Waals surface area contributed by atoms with Crippen LogP contribution >= 0.6 is 11.3 Å². The number of amides is 2. The number of halogens is 3. The highest BCUT2D eigenvalue weighted by Gasteiger charge is 2.33. The second-order valence-electron chi connectivity index (χ2n) is 7.32. The SMILES string of the molecule is CC(C)N1C[C@@H](OCc2ccc(OC(F)(F)F)cc2)CN(C(=O)c2cncs2)CC1=O. The molecule has 1 saturated heterocycles. The van der Waals surface area contributed by atoms with Crippen molar-refractivity contribution in [3.8, 4) is 5.75 Å². The number of hydrogen-bond donors (Lipinski definition) is 0. The fourth-order valence-corrected chi connectivity index (χ4v) is 3.77. The Morgan fingerprint density at radius 3 is 2.55 bits per heavy atom. The van der Waals surface area contributed by atoms with Gasteiger partial charge in [0.1, 0.15) is 17.2 Å². The van der Waals surface area contributed by atoms with E-state index in [1.165, 1.54) is 46.7 Å². The molecular formula is C20H22F3N3O4S. The van der Waals surface area contributed by atoms with E-state index in [-0.39, 0.29) is 43.3 Å². The van der Waals surface area contributed by atoms with Crippen LogP contribution in [0.15, 0.2) is 36.0 Å². The number of carbonyl (C=O) groups excluding carboxylic acids is 2. The van der Waals surface area contributed by atoms with Gasteiger partial charge in [-0.15, -0.1) is 24.5 Å². The summed E-state index contributed by atoms with van der Waals surface area (Å²) in [5.74, 6) is -0.778. The number of carbonyl (C=O) groups is 2. The van der Waals surface area contributed by atoms with Crippen molar-refractivity contribution >= 4 is 23.2 Å². The first kappa shape index (κ1) is 23.0. The highest BCUT2D eigenvalue weighted by Crippen LogP contribution is 2.23. The van der Waals surface area contributed by atoms with Crippen molar-refractivity contribution in [2.45, 2.75) is 39.0 Å². The number of thiazole rings is 1. The highest BCUT2D eigenvalue weighted by atomic mass is 32.1. The van der Waals surface area contributed by atoms with E-state index in [1.807, 2.05) is 13.8 Å². The van der Waals surface area contributed by atoms with Crippen LogP contribution in [0, 0.1) is 0 Å². The molecule has 1 aliphatic heterocycles. The zero-order chi connectivity index (χ0) is 22.6. The first-order valence-corrected chi connectivity index (χ1v) is 10.4. The normalized spacial score (nSPS) is 17.7. The third kappa shape index (κ3) is 6.41. The van der Waals surface area contributed by atoms with Crippen LogP contribution in [0.25, 0.3) is 0 Å². The standard InChI is InChI=1S/C20H22F3N3O4S/c1-13(2)26-9-16(8-25(10-18(26)27)19(28)17-7-24-12-31-17)29-11-14-3-5-15(6-4-14)30-20(21,22)23/h3-7,12-13,16H,8-11H2,1-2H3/t16-/m0/s1. The minimum Gasteiger partial charge on any atom is -0.406 e. The monoisotopic (exact) mass is 457 g/mol. The maximum absolute atomic E-state index is 12.8. The van der Waals surface area contributed by atoms with Crippen LogP contribution in [0.5, 0.6) is 5.75 Å². The molecule has 1 aliphatic rings. The van der Waals surface area contributed by atoms with Crippen LogP contribution in [0.2, 0.25) is 0 Å². The Kier molecular flexibility index (Phi) is 7.16.